The maximum atomic E-state index is 12.3. The van der Waals surface area contributed by atoms with Crippen LogP contribution in [0, 0.1) is 11.8 Å². The second-order valence-corrected chi connectivity index (χ2v) is 10.7. The van der Waals surface area contributed by atoms with Crippen LogP contribution < -0.4 is 15.8 Å². The van der Waals surface area contributed by atoms with Gasteiger partial charge in [-0.25, -0.2) is 19.7 Å². The van der Waals surface area contributed by atoms with Gasteiger partial charge in [0.1, 0.15) is 23.4 Å². The van der Waals surface area contributed by atoms with E-state index in [0.717, 1.165) is 35.6 Å². The Hall–Kier alpha value is -3.26. The minimum Gasteiger partial charge on any atom is -0.474 e. The van der Waals surface area contributed by atoms with E-state index in [2.05, 4.69) is 29.1 Å². The highest BCUT2D eigenvalue weighted by Crippen LogP contribution is 2.51. The van der Waals surface area contributed by atoms with E-state index in [1.165, 1.54) is 0 Å². The summed E-state index contributed by atoms with van der Waals surface area (Å²) in [5.74, 6) is 2.52. The summed E-state index contributed by atoms with van der Waals surface area (Å²) < 4.78 is 11.7. The molecule has 2 aliphatic carbocycles. The summed E-state index contributed by atoms with van der Waals surface area (Å²) in [6.45, 7) is 8.21. The van der Waals surface area contributed by atoms with E-state index in [4.69, 9.17) is 20.2 Å². The molecular formula is C27H31N5O3. The smallest absolute Gasteiger partial charge is 0.341 e. The molecule has 8 heteroatoms. The van der Waals surface area contributed by atoms with Crippen molar-refractivity contribution < 1.29 is 14.3 Å². The molecule has 0 spiro atoms. The first kappa shape index (κ1) is 22.2. The molecule has 3 aromatic heterocycles. The molecule has 3 aromatic rings. The van der Waals surface area contributed by atoms with Gasteiger partial charge in [-0.15, -0.1) is 0 Å². The molecule has 0 amide bonds. The van der Waals surface area contributed by atoms with Crippen molar-refractivity contribution in [2.24, 2.45) is 17.6 Å². The Morgan fingerprint density at radius 3 is 2.69 bits per heavy atom. The molecule has 3 N–H and O–H groups in total. The number of esters is 1. The highest BCUT2D eigenvalue weighted by molar-refractivity contribution is 5.94. The average Bonchev–Trinajstić information content (AvgIpc) is 3.76. The molecule has 0 bridgehead atoms. The van der Waals surface area contributed by atoms with Crippen molar-refractivity contribution in [1.29, 1.82) is 0 Å². The highest BCUT2D eigenvalue weighted by atomic mass is 16.6. The predicted molar refractivity (Wildman–Crippen MR) is 133 cm³/mol. The van der Waals surface area contributed by atoms with Gasteiger partial charge in [0.15, 0.2) is 5.60 Å². The Morgan fingerprint density at radius 1 is 1.23 bits per heavy atom. The van der Waals surface area contributed by atoms with Crippen LogP contribution >= 0.6 is 0 Å². The van der Waals surface area contributed by atoms with Gasteiger partial charge in [0.05, 0.1) is 10.9 Å². The van der Waals surface area contributed by atoms with Gasteiger partial charge in [-0.05, 0) is 80.5 Å². The number of carbonyl (C=O) groups is 1. The predicted octanol–water partition coefficient (Wildman–Crippen LogP) is 4.94. The van der Waals surface area contributed by atoms with Crippen molar-refractivity contribution in [2.75, 3.05) is 5.32 Å². The normalized spacial score (nSPS) is 26.7. The number of pyridine rings is 3. The first-order chi connectivity index (χ1) is 16.7. The lowest BCUT2D eigenvalue weighted by Gasteiger charge is -2.27. The first-order valence-electron chi connectivity index (χ1n) is 12.5. The molecule has 0 saturated heterocycles. The van der Waals surface area contributed by atoms with Crippen LogP contribution in [-0.4, -0.2) is 27.0 Å². The quantitative estimate of drug-likeness (QED) is 0.464. The lowest BCUT2D eigenvalue weighted by atomic mass is 9.85. The number of nitrogens with one attached hydrogen (secondary N) is 1. The van der Waals surface area contributed by atoms with E-state index in [1.54, 1.807) is 18.3 Å². The number of ether oxygens (including phenoxy) is 2. The number of rotatable bonds is 7. The molecule has 182 valence electrons. The van der Waals surface area contributed by atoms with E-state index in [9.17, 15) is 4.79 Å². The van der Waals surface area contributed by atoms with Crippen LogP contribution in [0.25, 0.3) is 10.8 Å². The summed E-state index contributed by atoms with van der Waals surface area (Å²) in [6, 6.07) is 5.54. The fraction of sp³-hybridized carbons (Fsp3) is 0.481. The Morgan fingerprint density at radius 2 is 2.00 bits per heavy atom. The minimum atomic E-state index is -0.725. The first-order valence-corrected chi connectivity index (χ1v) is 12.5. The van der Waals surface area contributed by atoms with Crippen molar-refractivity contribution in [3.8, 4) is 5.88 Å². The Kier molecular flexibility index (Phi) is 4.84. The lowest BCUT2D eigenvalue weighted by molar-refractivity contribution is -0.00220. The van der Waals surface area contributed by atoms with E-state index in [0.29, 0.717) is 47.0 Å². The maximum absolute atomic E-state index is 12.3. The van der Waals surface area contributed by atoms with Gasteiger partial charge in [-0.3, -0.25) is 0 Å². The number of cyclic esters (lactones) is 1. The van der Waals surface area contributed by atoms with Crippen LogP contribution in [0.15, 0.2) is 30.6 Å². The van der Waals surface area contributed by atoms with Crippen molar-refractivity contribution in [3.05, 3.63) is 47.4 Å². The van der Waals surface area contributed by atoms with Crippen LogP contribution in [-0.2, 0) is 15.9 Å². The summed E-state index contributed by atoms with van der Waals surface area (Å²) in [6.07, 6.45) is 7.77. The van der Waals surface area contributed by atoms with Crippen molar-refractivity contribution in [1.82, 2.24) is 15.0 Å². The number of fused-ring (bicyclic) bond motifs is 2. The van der Waals surface area contributed by atoms with E-state index < -0.39 is 11.1 Å². The van der Waals surface area contributed by atoms with Gasteiger partial charge in [0.25, 0.3) is 0 Å². The Bertz CT molecular complexity index is 1350. The molecule has 1 aliphatic heterocycles. The Labute approximate surface area is 204 Å². The molecule has 4 heterocycles. The van der Waals surface area contributed by atoms with Crippen molar-refractivity contribution in [3.63, 3.8) is 0 Å². The molecule has 2 fully saturated rings. The van der Waals surface area contributed by atoms with Gasteiger partial charge >= 0.3 is 5.97 Å². The molecule has 6 rings (SSSR count). The van der Waals surface area contributed by atoms with Crippen LogP contribution in [0.2, 0.25) is 0 Å². The summed E-state index contributed by atoms with van der Waals surface area (Å²) in [5, 5.41) is 5.16. The third-order valence-corrected chi connectivity index (χ3v) is 7.86. The molecule has 3 aliphatic rings. The fourth-order valence-electron chi connectivity index (χ4n) is 5.18. The number of hydrogen-bond donors (Lipinski definition) is 2. The highest BCUT2D eigenvalue weighted by Gasteiger charge is 2.47. The summed E-state index contributed by atoms with van der Waals surface area (Å²) >= 11 is 0. The zero-order valence-corrected chi connectivity index (χ0v) is 20.6. The van der Waals surface area contributed by atoms with Crippen LogP contribution in [0.4, 0.5) is 11.6 Å². The van der Waals surface area contributed by atoms with Gasteiger partial charge in [-0.1, -0.05) is 13.8 Å². The van der Waals surface area contributed by atoms with E-state index in [1.807, 2.05) is 26.1 Å². The molecule has 35 heavy (non-hydrogen) atoms. The molecular weight excluding hydrogens is 442 g/mol. The van der Waals surface area contributed by atoms with Gasteiger partial charge < -0.3 is 20.5 Å². The second-order valence-electron chi connectivity index (χ2n) is 10.7. The minimum absolute atomic E-state index is 0.232. The molecule has 0 aromatic carbocycles. The fourth-order valence-corrected chi connectivity index (χ4v) is 5.18. The Balaban J connectivity index is 1.40. The largest absolute Gasteiger partial charge is 0.474 e. The summed E-state index contributed by atoms with van der Waals surface area (Å²) in [4.78, 5) is 26.3. The molecule has 2 saturated carbocycles. The number of nitrogens with two attached hydrogens (primary N) is 1. The zero-order valence-electron chi connectivity index (χ0n) is 20.6. The number of carbonyl (C=O) groups excluding carboxylic acids is 1. The van der Waals surface area contributed by atoms with Gasteiger partial charge in [0.2, 0.25) is 5.88 Å². The van der Waals surface area contributed by atoms with E-state index >= 15 is 0 Å². The second kappa shape index (κ2) is 7.62. The van der Waals surface area contributed by atoms with Crippen LogP contribution in [0.5, 0.6) is 5.88 Å². The van der Waals surface area contributed by atoms with E-state index in [-0.39, 0.29) is 12.1 Å². The summed E-state index contributed by atoms with van der Waals surface area (Å²) in [7, 11) is 0. The molecule has 4 atom stereocenters. The maximum Gasteiger partial charge on any atom is 0.341 e. The van der Waals surface area contributed by atoms with Crippen molar-refractivity contribution in [2.45, 2.75) is 70.6 Å². The van der Waals surface area contributed by atoms with Gasteiger partial charge in [0, 0.05) is 17.9 Å². The number of aromatic nitrogens is 3. The van der Waals surface area contributed by atoms with Gasteiger partial charge in [-0.2, -0.15) is 0 Å². The van der Waals surface area contributed by atoms with Crippen LogP contribution in [0.3, 0.4) is 0 Å². The topological polar surface area (TPSA) is 112 Å². The number of anilines is 2. The number of nitrogens with zero attached hydrogens (tertiary/aromatic N) is 3. The third-order valence-electron chi connectivity index (χ3n) is 7.86. The number of hydrogen-bond acceptors (Lipinski definition) is 8. The SMILES string of the molecule is CC[C@@]1(C)OC(=O)c2ccc(Nc3cc4c([C@](C)(N)C5CC5C)cnc(OC5CC5)c4cn3)nc21. The zero-order chi connectivity index (χ0) is 24.5. The van der Waals surface area contributed by atoms with Crippen molar-refractivity contribution >= 4 is 28.4 Å². The third kappa shape index (κ3) is 3.71. The monoisotopic (exact) mass is 473 g/mol. The van der Waals surface area contributed by atoms with Crippen LogP contribution in [0.1, 0.15) is 75.0 Å². The molecule has 8 nitrogen and oxygen atoms in total. The average molecular weight is 474 g/mol. The standard InChI is InChI=1S/C27H31N5O3/c1-5-26(3)23-16(25(33)35-26)8-9-21(32-23)31-22-11-17-18(12-29-22)24(34-15-6-7-15)30-13-20(17)27(4,28)19-10-14(19)2/h8-9,11-15,19H,5-7,10,28H2,1-4H3,(H,29,31,32)/t14?,19?,26-,27-/m1/s1. The lowest BCUT2D eigenvalue weighted by Crippen LogP contribution is -2.36. The summed E-state index contributed by atoms with van der Waals surface area (Å²) in [5.41, 5.74) is 7.83. The molecule has 2 unspecified atom stereocenters. The molecule has 0 radical (unpaired) electrons.